The number of aromatic nitrogens is 1. The normalized spacial score (nSPS) is 19.9. The van der Waals surface area contributed by atoms with Crippen molar-refractivity contribution < 1.29 is 0 Å². The molecule has 1 aliphatic carbocycles. The van der Waals surface area contributed by atoms with Crippen molar-refractivity contribution in [3.63, 3.8) is 0 Å². The number of benzene rings is 1. The standard InChI is InChI=1S/C23H34ClN5/c1-2-25-23(28-19-10-13-29(14-11-19)20-5-3-4-6-20)26-12-9-17-16-27-22-8-7-18(24)15-21(17)22/h7-8,15-16,19-20,27H,2-6,9-14H2,1H3,(H2,25,26,28). The zero-order valence-corrected chi connectivity index (χ0v) is 18.3. The van der Waals surface area contributed by atoms with Crippen LogP contribution in [-0.4, -0.2) is 54.1 Å². The molecule has 0 radical (unpaired) electrons. The molecule has 3 N–H and O–H groups in total. The van der Waals surface area contributed by atoms with E-state index in [2.05, 4.69) is 33.6 Å². The van der Waals surface area contributed by atoms with Gasteiger partial charge in [-0.2, -0.15) is 0 Å². The van der Waals surface area contributed by atoms with E-state index in [0.717, 1.165) is 42.1 Å². The number of hydrogen-bond acceptors (Lipinski definition) is 2. The molecule has 1 aliphatic heterocycles. The molecule has 2 fully saturated rings. The maximum atomic E-state index is 6.17. The number of aliphatic imine (C=N–C) groups is 1. The molecule has 1 saturated carbocycles. The lowest BCUT2D eigenvalue weighted by Crippen LogP contribution is -2.50. The van der Waals surface area contributed by atoms with Gasteiger partial charge in [-0.1, -0.05) is 24.4 Å². The Morgan fingerprint density at radius 3 is 2.76 bits per heavy atom. The zero-order chi connectivity index (χ0) is 20.1. The minimum Gasteiger partial charge on any atom is -0.361 e. The number of H-pyrrole nitrogens is 1. The van der Waals surface area contributed by atoms with Gasteiger partial charge >= 0.3 is 0 Å². The van der Waals surface area contributed by atoms with E-state index in [4.69, 9.17) is 16.6 Å². The van der Waals surface area contributed by atoms with Gasteiger partial charge in [0, 0.05) is 60.4 Å². The van der Waals surface area contributed by atoms with Crippen LogP contribution in [0, 0.1) is 0 Å². The van der Waals surface area contributed by atoms with Crippen molar-refractivity contribution in [2.45, 2.75) is 64.0 Å². The van der Waals surface area contributed by atoms with E-state index in [1.807, 2.05) is 18.2 Å². The lowest BCUT2D eigenvalue weighted by atomic mass is 10.0. The highest BCUT2D eigenvalue weighted by molar-refractivity contribution is 6.31. The molecular weight excluding hydrogens is 382 g/mol. The Balaban J connectivity index is 1.30. The first-order chi connectivity index (χ1) is 14.2. The molecule has 1 aromatic carbocycles. The van der Waals surface area contributed by atoms with E-state index in [1.165, 1.54) is 62.6 Å². The molecule has 2 aliphatic rings. The second kappa shape index (κ2) is 9.86. The van der Waals surface area contributed by atoms with Crippen LogP contribution < -0.4 is 10.6 Å². The summed E-state index contributed by atoms with van der Waals surface area (Å²) in [5.74, 6) is 0.949. The average Bonchev–Trinajstić information content (AvgIpc) is 3.39. The fourth-order valence-electron chi connectivity index (χ4n) is 4.84. The fraction of sp³-hybridized carbons (Fsp3) is 0.609. The van der Waals surface area contributed by atoms with Crippen LogP contribution in [-0.2, 0) is 6.42 Å². The van der Waals surface area contributed by atoms with E-state index in [0.29, 0.717) is 6.04 Å². The Bertz CT molecular complexity index is 816. The van der Waals surface area contributed by atoms with E-state index in [1.54, 1.807) is 0 Å². The summed E-state index contributed by atoms with van der Waals surface area (Å²) in [5.41, 5.74) is 2.40. The number of nitrogens with zero attached hydrogens (tertiary/aromatic N) is 2. The summed E-state index contributed by atoms with van der Waals surface area (Å²) >= 11 is 6.17. The van der Waals surface area contributed by atoms with Crippen molar-refractivity contribution in [1.82, 2.24) is 20.5 Å². The summed E-state index contributed by atoms with van der Waals surface area (Å²) in [6.07, 6.45) is 11.0. The molecule has 5 nitrogen and oxygen atoms in total. The second-order valence-corrected chi connectivity index (χ2v) is 8.84. The second-order valence-electron chi connectivity index (χ2n) is 8.41. The zero-order valence-electron chi connectivity index (χ0n) is 17.5. The van der Waals surface area contributed by atoms with Crippen LogP contribution in [0.2, 0.25) is 5.02 Å². The van der Waals surface area contributed by atoms with E-state index < -0.39 is 0 Å². The SMILES string of the molecule is CCNC(=NCCc1c[nH]c2ccc(Cl)cc12)NC1CCN(C2CCCC2)CC1. The molecule has 6 heteroatoms. The number of aromatic amines is 1. The number of hydrogen-bond donors (Lipinski definition) is 3. The van der Waals surface area contributed by atoms with Gasteiger partial charge in [-0.15, -0.1) is 0 Å². The van der Waals surface area contributed by atoms with Crippen molar-refractivity contribution in [1.29, 1.82) is 0 Å². The summed E-state index contributed by atoms with van der Waals surface area (Å²) in [6, 6.07) is 7.37. The Hall–Kier alpha value is -1.72. The summed E-state index contributed by atoms with van der Waals surface area (Å²) in [4.78, 5) is 10.9. The molecule has 1 saturated heterocycles. The third kappa shape index (κ3) is 5.26. The molecule has 4 rings (SSSR count). The molecule has 2 aromatic rings. The molecule has 0 amide bonds. The summed E-state index contributed by atoms with van der Waals surface area (Å²) < 4.78 is 0. The first kappa shape index (κ1) is 20.5. The molecule has 0 atom stereocenters. The molecular formula is C23H34ClN5. The maximum Gasteiger partial charge on any atom is 0.191 e. The van der Waals surface area contributed by atoms with Gasteiger partial charge in [0.05, 0.1) is 0 Å². The number of likely N-dealkylation sites (tertiary alicyclic amines) is 1. The first-order valence-corrected chi connectivity index (χ1v) is 11.6. The Labute approximate surface area is 179 Å². The van der Waals surface area contributed by atoms with Crippen LogP contribution in [0.15, 0.2) is 29.4 Å². The highest BCUT2D eigenvalue weighted by atomic mass is 35.5. The summed E-state index contributed by atoms with van der Waals surface area (Å²) in [5, 5.41) is 9.07. The number of piperidine rings is 1. The Kier molecular flexibility index (Phi) is 6.98. The Morgan fingerprint density at radius 2 is 2.00 bits per heavy atom. The van der Waals surface area contributed by atoms with Crippen molar-refractivity contribution >= 4 is 28.5 Å². The number of nitrogens with one attached hydrogen (secondary N) is 3. The highest BCUT2D eigenvalue weighted by Gasteiger charge is 2.27. The summed E-state index contributed by atoms with van der Waals surface area (Å²) in [7, 11) is 0. The number of halogens is 1. The van der Waals surface area contributed by atoms with Gasteiger partial charge in [0.25, 0.3) is 0 Å². The Morgan fingerprint density at radius 1 is 1.21 bits per heavy atom. The molecule has 0 bridgehead atoms. The number of fused-ring (bicyclic) bond motifs is 1. The van der Waals surface area contributed by atoms with Crippen molar-refractivity contribution in [3.8, 4) is 0 Å². The number of guanidine groups is 1. The average molecular weight is 416 g/mol. The smallest absolute Gasteiger partial charge is 0.191 e. The minimum absolute atomic E-state index is 0.525. The van der Waals surface area contributed by atoms with Crippen LogP contribution >= 0.6 is 11.6 Å². The maximum absolute atomic E-state index is 6.17. The highest BCUT2D eigenvalue weighted by Crippen LogP contribution is 2.26. The topological polar surface area (TPSA) is 55.5 Å². The predicted octanol–water partition coefficient (Wildman–Crippen LogP) is 4.33. The molecule has 2 heterocycles. The third-order valence-electron chi connectivity index (χ3n) is 6.44. The quantitative estimate of drug-likeness (QED) is 0.486. The van der Waals surface area contributed by atoms with Crippen LogP contribution in [0.4, 0.5) is 0 Å². The van der Waals surface area contributed by atoms with Gasteiger partial charge in [0.2, 0.25) is 0 Å². The fourth-order valence-corrected chi connectivity index (χ4v) is 5.01. The van der Waals surface area contributed by atoms with Crippen molar-refractivity contribution in [2.24, 2.45) is 4.99 Å². The van der Waals surface area contributed by atoms with E-state index in [9.17, 15) is 0 Å². The van der Waals surface area contributed by atoms with Crippen LogP contribution in [0.25, 0.3) is 10.9 Å². The molecule has 0 unspecified atom stereocenters. The molecule has 1 aromatic heterocycles. The van der Waals surface area contributed by atoms with Crippen molar-refractivity contribution in [3.05, 3.63) is 35.0 Å². The third-order valence-corrected chi connectivity index (χ3v) is 6.67. The van der Waals surface area contributed by atoms with E-state index >= 15 is 0 Å². The molecule has 158 valence electrons. The lowest BCUT2D eigenvalue weighted by molar-refractivity contribution is 0.150. The number of rotatable bonds is 6. The van der Waals surface area contributed by atoms with Gasteiger partial charge < -0.3 is 20.5 Å². The van der Waals surface area contributed by atoms with E-state index in [-0.39, 0.29) is 0 Å². The molecule has 0 spiro atoms. The van der Waals surface area contributed by atoms with Crippen LogP contribution in [0.5, 0.6) is 0 Å². The van der Waals surface area contributed by atoms with Gasteiger partial charge in [-0.25, -0.2) is 0 Å². The van der Waals surface area contributed by atoms with Gasteiger partial charge in [0.15, 0.2) is 5.96 Å². The minimum atomic E-state index is 0.525. The first-order valence-electron chi connectivity index (χ1n) is 11.3. The largest absolute Gasteiger partial charge is 0.361 e. The monoisotopic (exact) mass is 415 g/mol. The predicted molar refractivity (Wildman–Crippen MR) is 123 cm³/mol. The van der Waals surface area contributed by atoms with Gasteiger partial charge in [-0.3, -0.25) is 4.99 Å². The van der Waals surface area contributed by atoms with Gasteiger partial charge in [-0.05, 0) is 62.8 Å². The lowest BCUT2D eigenvalue weighted by Gasteiger charge is -2.36. The summed E-state index contributed by atoms with van der Waals surface area (Å²) in [6.45, 7) is 6.21. The van der Waals surface area contributed by atoms with Crippen LogP contribution in [0.3, 0.4) is 0 Å². The van der Waals surface area contributed by atoms with Gasteiger partial charge in [0.1, 0.15) is 0 Å². The van der Waals surface area contributed by atoms with Crippen LogP contribution in [0.1, 0.15) is 51.0 Å². The molecule has 29 heavy (non-hydrogen) atoms. The van der Waals surface area contributed by atoms with Crippen molar-refractivity contribution in [2.75, 3.05) is 26.2 Å².